The van der Waals surface area contributed by atoms with E-state index in [1.165, 1.54) is 38.5 Å². The molecule has 4 nitrogen and oxygen atoms in total. The van der Waals surface area contributed by atoms with Gasteiger partial charge in [-0.05, 0) is 88.0 Å². The van der Waals surface area contributed by atoms with Gasteiger partial charge in [0.05, 0.1) is 11.1 Å². The van der Waals surface area contributed by atoms with Gasteiger partial charge in [0.1, 0.15) is 0 Å². The summed E-state index contributed by atoms with van der Waals surface area (Å²) in [6.45, 7) is 9.08. The smallest absolute Gasteiger partial charge is 0.0712 e. The third kappa shape index (κ3) is 4.60. The van der Waals surface area contributed by atoms with Crippen molar-refractivity contribution in [3.8, 4) is 0 Å². The van der Waals surface area contributed by atoms with E-state index in [4.69, 9.17) is 4.99 Å². The highest BCUT2D eigenvalue weighted by atomic mass is 14.8. The summed E-state index contributed by atoms with van der Waals surface area (Å²) in [7, 11) is 4.07. The molecule has 0 spiro atoms. The Morgan fingerprint density at radius 2 is 1.72 bits per heavy atom. The van der Waals surface area contributed by atoms with E-state index in [0.29, 0.717) is 5.92 Å². The summed E-state index contributed by atoms with van der Waals surface area (Å²) in [4.78, 5) is 9.03. The highest BCUT2D eigenvalue weighted by Crippen LogP contribution is 2.50. The molecule has 2 aromatic carbocycles. The Morgan fingerprint density at radius 1 is 1.00 bits per heavy atom. The molecular formula is C32H40N4. The van der Waals surface area contributed by atoms with Crippen molar-refractivity contribution >= 4 is 16.5 Å². The van der Waals surface area contributed by atoms with E-state index < -0.39 is 0 Å². The van der Waals surface area contributed by atoms with Crippen LogP contribution in [0.5, 0.6) is 0 Å². The maximum absolute atomic E-state index is 5.16. The maximum Gasteiger partial charge on any atom is 0.0712 e. The van der Waals surface area contributed by atoms with Crippen LogP contribution in [0.15, 0.2) is 76.9 Å². The molecule has 1 aliphatic carbocycles. The molecule has 1 aliphatic heterocycles. The molecule has 1 aromatic heterocycles. The van der Waals surface area contributed by atoms with Crippen molar-refractivity contribution < 1.29 is 0 Å². The number of hydrogen-bond acceptors (Lipinski definition) is 3. The lowest BCUT2D eigenvalue weighted by molar-refractivity contribution is 0.221. The number of fused-ring (bicyclic) bond motifs is 2. The van der Waals surface area contributed by atoms with Crippen molar-refractivity contribution in [1.82, 2.24) is 15.6 Å². The summed E-state index contributed by atoms with van der Waals surface area (Å²) >= 11 is 0. The number of para-hydroxylation sites is 2. The molecule has 4 heteroatoms. The van der Waals surface area contributed by atoms with Crippen LogP contribution in [0.25, 0.3) is 16.5 Å². The van der Waals surface area contributed by atoms with Crippen molar-refractivity contribution in [3.63, 3.8) is 0 Å². The minimum atomic E-state index is 0.118. The number of nitrogens with one attached hydrogen (secondary N) is 3. The predicted molar refractivity (Wildman–Crippen MR) is 152 cm³/mol. The van der Waals surface area contributed by atoms with Crippen molar-refractivity contribution in [1.29, 1.82) is 0 Å². The predicted octanol–water partition coefficient (Wildman–Crippen LogP) is 4.98. The molecule has 36 heavy (non-hydrogen) atoms. The first-order chi connectivity index (χ1) is 17.4. The summed E-state index contributed by atoms with van der Waals surface area (Å²) in [5.74, 6) is 0.616. The molecule has 2 heterocycles. The molecule has 0 radical (unpaired) electrons. The Kier molecular flexibility index (Phi) is 7.00. The molecule has 2 atom stereocenters. The lowest BCUT2D eigenvalue weighted by Crippen LogP contribution is -2.32. The van der Waals surface area contributed by atoms with Crippen LogP contribution in [0.2, 0.25) is 0 Å². The summed E-state index contributed by atoms with van der Waals surface area (Å²) in [6, 6.07) is 17.4. The fourth-order valence-electron chi connectivity index (χ4n) is 6.39. The Balaban J connectivity index is 1.67. The SMILES string of the molecule is CNCCC1=c2ccccc2=N/C1=C\C1C(c2[nH]c3ccccc3c2CCNC)C=C(C)CC1(C)C. The van der Waals surface area contributed by atoms with E-state index in [1.807, 2.05) is 14.1 Å². The van der Waals surface area contributed by atoms with Crippen molar-refractivity contribution in [2.24, 2.45) is 16.3 Å². The van der Waals surface area contributed by atoms with Crippen molar-refractivity contribution in [3.05, 3.63) is 93.8 Å². The molecule has 0 fully saturated rings. The third-order valence-electron chi connectivity index (χ3n) is 8.03. The molecule has 2 aliphatic rings. The first-order valence-electron chi connectivity index (χ1n) is 13.4. The van der Waals surface area contributed by atoms with Crippen LogP contribution >= 0.6 is 0 Å². The molecule has 3 aromatic rings. The second kappa shape index (κ2) is 10.2. The van der Waals surface area contributed by atoms with Crippen molar-refractivity contribution in [2.75, 3.05) is 27.2 Å². The zero-order valence-electron chi connectivity index (χ0n) is 22.4. The van der Waals surface area contributed by atoms with Crippen LogP contribution in [0, 0.1) is 11.3 Å². The van der Waals surface area contributed by atoms with Gasteiger partial charge < -0.3 is 15.6 Å². The summed E-state index contributed by atoms with van der Waals surface area (Å²) in [5.41, 5.74) is 8.17. The fourth-order valence-corrected chi connectivity index (χ4v) is 6.39. The van der Waals surface area contributed by atoms with Gasteiger partial charge in [-0.15, -0.1) is 0 Å². The zero-order chi connectivity index (χ0) is 25.3. The number of benzene rings is 2. The minimum absolute atomic E-state index is 0.118. The van der Waals surface area contributed by atoms with Crippen LogP contribution in [-0.2, 0) is 6.42 Å². The number of nitrogens with zero attached hydrogens (tertiary/aromatic N) is 1. The third-order valence-corrected chi connectivity index (χ3v) is 8.03. The van der Waals surface area contributed by atoms with Crippen molar-refractivity contribution in [2.45, 2.75) is 46.0 Å². The van der Waals surface area contributed by atoms with Gasteiger partial charge in [0.15, 0.2) is 0 Å². The van der Waals surface area contributed by atoms with Gasteiger partial charge in [-0.25, -0.2) is 4.99 Å². The van der Waals surface area contributed by atoms with E-state index in [-0.39, 0.29) is 11.3 Å². The first-order valence-corrected chi connectivity index (χ1v) is 13.4. The Morgan fingerprint density at radius 3 is 2.53 bits per heavy atom. The lowest BCUT2D eigenvalue weighted by atomic mass is 9.63. The van der Waals surface area contributed by atoms with E-state index >= 15 is 0 Å². The highest BCUT2D eigenvalue weighted by Gasteiger charge is 2.40. The van der Waals surface area contributed by atoms with Gasteiger partial charge in [-0.3, -0.25) is 0 Å². The van der Waals surface area contributed by atoms with E-state index in [2.05, 4.69) is 97.1 Å². The summed E-state index contributed by atoms with van der Waals surface area (Å²) in [6.07, 6.45) is 8.12. The van der Waals surface area contributed by atoms with Gasteiger partial charge in [0.25, 0.3) is 0 Å². The average Bonchev–Trinajstić information content (AvgIpc) is 3.40. The Labute approximate surface area is 215 Å². The van der Waals surface area contributed by atoms with Crippen LogP contribution < -0.4 is 21.2 Å². The Hall–Kier alpha value is -2.95. The molecule has 5 rings (SSSR count). The first kappa shape index (κ1) is 24.7. The molecule has 0 saturated carbocycles. The second-order valence-corrected chi connectivity index (χ2v) is 11.2. The minimum Gasteiger partial charge on any atom is -0.358 e. The van der Waals surface area contributed by atoms with E-state index in [9.17, 15) is 0 Å². The number of aromatic nitrogens is 1. The van der Waals surface area contributed by atoms with Gasteiger partial charge in [-0.2, -0.15) is 0 Å². The van der Waals surface area contributed by atoms with Gasteiger partial charge in [0.2, 0.25) is 0 Å². The number of likely N-dealkylation sites (N-methyl/N-ethyl adjacent to an activating group) is 1. The standard InChI is InChI=1S/C32H40N4/c1-21-18-26(31-25(15-17-34-5)23-11-7-9-13-29(23)36-31)27(32(2,3)20-21)19-30-24(14-16-33-4)22-10-6-8-12-28(22)35-30/h6-13,18-19,26-27,33-34,36H,14-17,20H2,1-5H3/b30-19-. The van der Waals surface area contributed by atoms with Gasteiger partial charge >= 0.3 is 0 Å². The highest BCUT2D eigenvalue weighted by molar-refractivity contribution is 5.85. The topological polar surface area (TPSA) is 52.2 Å². The lowest BCUT2D eigenvalue weighted by Gasteiger charge is -2.42. The molecule has 188 valence electrons. The number of rotatable bonds is 8. The number of aromatic amines is 1. The molecule has 2 unspecified atom stereocenters. The molecule has 0 amide bonds. The van der Waals surface area contributed by atoms with Crippen LogP contribution in [0.1, 0.15) is 50.8 Å². The number of allylic oxidation sites excluding steroid dienone is 4. The maximum atomic E-state index is 5.16. The number of hydrogen-bond donors (Lipinski definition) is 3. The molecular weight excluding hydrogens is 440 g/mol. The average molecular weight is 481 g/mol. The quantitative estimate of drug-likeness (QED) is 0.398. The monoisotopic (exact) mass is 480 g/mol. The van der Waals surface area contributed by atoms with Crippen LogP contribution in [-0.4, -0.2) is 32.2 Å². The largest absolute Gasteiger partial charge is 0.358 e. The fraction of sp³-hybridized carbons (Fsp3) is 0.406. The Bertz CT molecular complexity index is 1440. The number of H-pyrrole nitrogens is 1. The summed E-state index contributed by atoms with van der Waals surface area (Å²) < 4.78 is 0. The molecule has 3 N–H and O–H groups in total. The summed E-state index contributed by atoms with van der Waals surface area (Å²) in [5, 5.41) is 10.4. The van der Waals surface area contributed by atoms with Crippen LogP contribution in [0.3, 0.4) is 0 Å². The molecule has 0 saturated heterocycles. The van der Waals surface area contributed by atoms with Gasteiger partial charge in [-0.1, -0.05) is 68.0 Å². The van der Waals surface area contributed by atoms with E-state index in [1.54, 1.807) is 0 Å². The molecule has 0 bridgehead atoms. The zero-order valence-corrected chi connectivity index (χ0v) is 22.4. The van der Waals surface area contributed by atoms with Gasteiger partial charge in [0, 0.05) is 27.7 Å². The van der Waals surface area contributed by atoms with Crippen LogP contribution in [0.4, 0.5) is 0 Å². The normalized spacial score (nSPS) is 22.1. The van der Waals surface area contributed by atoms with E-state index in [0.717, 1.165) is 43.4 Å². The second-order valence-electron chi connectivity index (χ2n) is 11.2.